The van der Waals surface area contributed by atoms with E-state index in [-0.39, 0.29) is 16.9 Å². The largest absolute Gasteiger partial charge is 0.393 e. The zero-order valence-corrected chi connectivity index (χ0v) is 19.6. The van der Waals surface area contributed by atoms with E-state index in [4.69, 9.17) is 0 Å². The lowest BCUT2D eigenvalue weighted by atomic mass is 9.44. The van der Waals surface area contributed by atoms with E-state index in [0.29, 0.717) is 11.8 Å². The summed E-state index contributed by atoms with van der Waals surface area (Å²) < 4.78 is 0. The minimum absolute atomic E-state index is 0.0198. The van der Waals surface area contributed by atoms with E-state index in [1.807, 2.05) is 0 Å². The van der Waals surface area contributed by atoms with Crippen molar-refractivity contribution in [2.45, 2.75) is 85.7 Å². The normalized spacial score (nSPS) is 34.1. The van der Waals surface area contributed by atoms with Crippen LogP contribution >= 0.6 is 0 Å². The highest BCUT2D eigenvalue weighted by Crippen LogP contribution is 2.63. The third-order valence-electron chi connectivity index (χ3n) is 8.96. The fourth-order valence-corrected chi connectivity index (χ4v) is 6.91. The maximum absolute atomic E-state index is 11.1. The second-order valence-electron chi connectivity index (χ2n) is 10.9. The number of fused-ring (bicyclic) bond motifs is 2. The van der Waals surface area contributed by atoms with Crippen LogP contribution in [0.3, 0.4) is 0 Å². The maximum Gasteiger partial charge on any atom is 0.111 e. The third-order valence-corrected chi connectivity index (χ3v) is 8.96. The Kier molecular flexibility index (Phi) is 5.83. The van der Waals surface area contributed by atoms with Crippen LogP contribution in [0.2, 0.25) is 0 Å². The van der Waals surface area contributed by atoms with Crippen LogP contribution in [0.25, 0.3) is 10.9 Å². The van der Waals surface area contributed by atoms with Gasteiger partial charge in [-0.15, -0.1) is 0 Å². The van der Waals surface area contributed by atoms with Crippen LogP contribution in [-0.2, 0) is 6.42 Å². The molecule has 30 heavy (non-hydrogen) atoms. The van der Waals surface area contributed by atoms with Crippen LogP contribution in [0, 0.1) is 28.6 Å². The number of aliphatic hydroxyl groups excluding tert-OH is 1. The van der Waals surface area contributed by atoms with Gasteiger partial charge in [-0.1, -0.05) is 36.8 Å². The molecule has 0 unspecified atom stereocenters. The summed E-state index contributed by atoms with van der Waals surface area (Å²) in [5, 5.41) is 12.5. The lowest BCUT2D eigenvalue weighted by Gasteiger charge is -2.56. The van der Waals surface area contributed by atoms with Crippen molar-refractivity contribution >= 4 is 10.9 Å². The highest BCUT2D eigenvalue weighted by molar-refractivity contribution is 5.83. The number of nitrogens with one attached hydrogen (secondary N) is 1. The Bertz CT molecular complexity index is 906. The molecule has 162 valence electrons. The molecule has 1 aromatic carbocycles. The summed E-state index contributed by atoms with van der Waals surface area (Å²) in [6, 6.07) is 8.68. The average molecular weight is 407 g/mol. The predicted octanol–water partition coefficient (Wildman–Crippen LogP) is 7.24. The predicted molar refractivity (Wildman–Crippen MR) is 127 cm³/mol. The molecule has 2 aliphatic carbocycles. The molecule has 2 heteroatoms. The van der Waals surface area contributed by atoms with Crippen molar-refractivity contribution < 1.29 is 5.11 Å². The molecule has 0 aliphatic heterocycles. The second kappa shape index (κ2) is 8.11. The summed E-state index contributed by atoms with van der Waals surface area (Å²) in [5.74, 6) is 2.91. The van der Waals surface area contributed by atoms with E-state index >= 15 is 0 Å². The summed E-state index contributed by atoms with van der Waals surface area (Å²) >= 11 is 0. The minimum atomic E-state index is -0.167. The van der Waals surface area contributed by atoms with E-state index in [0.717, 1.165) is 32.1 Å². The molecule has 1 aromatic heterocycles. The first-order chi connectivity index (χ1) is 14.3. The molecule has 0 spiro atoms. The van der Waals surface area contributed by atoms with Gasteiger partial charge in [0.1, 0.15) is 11.3 Å². The van der Waals surface area contributed by atoms with Crippen molar-refractivity contribution in [3.63, 3.8) is 0 Å². The molecule has 2 aliphatic rings. The molecule has 2 saturated carbocycles. The Morgan fingerprint density at radius 1 is 1.20 bits per heavy atom. The lowest BCUT2D eigenvalue weighted by molar-refractivity contribution is -0.122. The Labute approximate surface area is 183 Å². The number of aromatic nitrogens is 1. The first kappa shape index (κ1) is 21.6. The molecule has 2 aromatic rings. The Morgan fingerprint density at radius 2 is 1.97 bits per heavy atom. The molecule has 0 bridgehead atoms. The highest BCUT2D eigenvalue weighted by Gasteiger charge is 2.63. The molecule has 2 fully saturated rings. The number of aromatic amines is 1. The topological polar surface area (TPSA) is 36.0 Å². The van der Waals surface area contributed by atoms with Crippen LogP contribution in [0.5, 0.6) is 0 Å². The van der Waals surface area contributed by atoms with E-state index in [2.05, 4.69) is 76.1 Å². The van der Waals surface area contributed by atoms with Gasteiger partial charge in [-0.3, -0.25) is 0 Å². The molecule has 4 rings (SSSR count). The van der Waals surface area contributed by atoms with Crippen LogP contribution in [0.4, 0.5) is 0 Å². The number of para-hydroxylation sites is 1. The summed E-state index contributed by atoms with van der Waals surface area (Å²) in [6.45, 7) is 11.7. The summed E-state index contributed by atoms with van der Waals surface area (Å²) in [5.41, 5.74) is 4.36. The number of hydrogen-bond acceptors (Lipinski definition) is 1. The number of H-pyrrole nitrogens is 1. The number of benzene rings is 1. The van der Waals surface area contributed by atoms with Gasteiger partial charge in [-0.05, 0) is 70.9 Å². The van der Waals surface area contributed by atoms with Gasteiger partial charge in [0.25, 0.3) is 0 Å². The maximum atomic E-state index is 11.1. The standard InChI is InChI=1S/C28H40NO/c1-19(2)9-8-15-28(5)25-13-12-21(20(3)27(25,4)16-14-26(28)30)17-22-18-29-24-11-7-6-10-23(22)24/h6-7,9-11,18,21,25-26,29-30H,8,12-17H2,1-5H3/q+1/t21-,25+,26-,27+,28-/m0/s1. The van der Waals surface area contributed by atoms with Gasteiger partial charge in [-0.2, -0.15) is 0 Å². The van der Waals surface area contributed by atoms with Crippen molar-refractivity contribution in [2.24, 2.45) is 22.7 Å². The number of hydrogen-bond donors (Lipinski definition) is 2. The van der Waals surface area contributed by atoms with Crippen molar-refractivity contribution in [3.05, 3.63) is 53.6 Å². The number of rotatable bonds is 5. The lowest BCUT2D eigenvalue weighted by Crippen LogP contribution is -2.56. The van der Waals surface area contributed by atoms with Crippen LogP contribution in [-0.4, -0.2) is 16.2 Å². The first-order valence-electron chi connectivity index (χ1n) is 12.0. The Hall–Kier alpha value is -1.67. The van der Waals surface area contributed by atoms with Gasteiger partial charge >= 0.3 is 0 Å². The summed E-state index contributed by atoms with van der Waals surface area (Å²) in [6.07, 6.45) is 12.3. The van der Waals surface area contributed by atoms with Crippen LogP contribution < -0.4 is 0 Å². The van der Waals surface area contributed by atoms with E-state index in [1.165, 1.54) is 34.9 Å². The van der Waals surface area contributed by atoms with Crippen molar-refractivity contribution in [1.29, 1.82) is 0 Å². The van der Waals surface area contributed by atoms with Gasteiger partial charge < -0.3 is 10.1 Å². The molecule has 0 saturated heterocycles. The first-order valence-corrected chi connectivity index (χ1v) is 12.0. The smallest absolute Gasteiger partial charge is 0.111 e. The Balaban J connectivity index is 1.55. The molecule has 2 N–H and O–H groups in total. The molecule has 1 heterocycles. The molecule has 2 nitrogen and oxygen atoms in total. The molecule has 0 radical (unpaired) electrons. The summed E-state index contributed by atoms with van der Waals surface area (Å²) in [4.78, 5) is 3.46. The molecular formula is C28H40NO+. The van der Waals surface area contributed by atoms with E-state index < -0.39 is 0 Å². The van der Waals surface area contributed by atoms with Crippen LogP contribution in [0.1, 0.15) is 78.7 Å². The van der Waals surface area contributed by atoms with Crippen LogP contribution in [0.15, 0.2) is 42.1 Å². The van der Waals surface area contributed by atoms with Gasteiger partial charge in [-0.25, -0.2) is 0 Å². The fourth-order valence-electron chi connectivity index (χ4n) is 6.91. The zero-order valence-electron chi connectivity index (χ0n) is 19.6. The van der Waals surface area contributed by atoms with Gasteiger partial charge in [0.05, 0.1) is 18.9 Å². The molecule has 0 amide bonds. The SMILES string of the molecule is CC(C)=CCC[C@]1(C)[C@@H](O)CC[C@]2(C)[C+](C)[C@H](Cc3c[nH]c4ccccc34)CC[C@@H]12. The Morgan fingerprint density at radius 3 is 2.73 bits per heavy atom. The van der Waals surface area contributed by atoms with Crippen molar-refractivity contribution in [2.75, 3.05) is 0 Å². The number of allylic oxidation sites excluding steroid dienone is 2. The van der Waals surface area contributed by atoms with E-state index in [1.54, 1.807) is 5.92 Å². The summed E-state index contributed by atoms with van der Waals surface area (Å²) in [7, 11) is 0. The quantitative estimate of drug-likeness (QED) is 0.398. The zero-order chi connectivity index (χ0) is 21.5. The second-order valence-corrected chi connectivity index (χ2v) is 10.9. The fraction of sp³-hybridized carbons (Fsp3) is 0.607. The van der Waals surface area contributed by atoms with Gasteiger partial charge in [0.15, 0.2) is 0 Å². The van der Waals surface area contributed by atoms with Crippen molar-refractivity contribution in [1.82, 2.24) is 4.98 Å². The van der Waals surface area contributed by atoms with Gasteiger partial charge in [0.2, 0.25) is 0 Å². The van der Waals surface area contributed by atoms with E-state index in [9.17, 15) is 5.11 Å². The monoisotopic (exact) mass is 406 g/mol. The van der Waals surface area contributed by atoms with Gasteiger partial charge in [0, 0.05) is 34.9 Å². The molecular weight excluding hydrogens is 366 g/mol. The average Bonchev–Trinajstić information content (AvgIpc) is 3.11. The third kappa shape index (κ3) is 3.62. The molecule has 5 atom stereocenters. The minimum Gasteiger partial charge on any atom is -0.393 e. The van der Waals surface area contributed by atoms with Crippen molar-refractivity contribution in [3.8, 4) is 0 Å². The highest BCUT2D eigenvalue weighted by atomic mass is 16.3. The number of aliphatic hydroxyl groups is 1.